The van der Waals surface area contributed by atoms with E-state index in [1.165, 1.54) is 4.90 Å². The number of alkyl halides is 3. The first-order valence-corrected chi connectivity index (χ1v) is 9.74. The fourth-order valence-electron chi connectivity index (χ4n) is 3.03. The third-order valence-electron chi connectivity index (χ3n) is 4.83. The number of ether oxygens (including phenoxy) is 1. The number of fused-ring (bicyclic) bond motifs is 1. The van der Waals surface area contributed by atoms with Gasteiger partial charge in [-0.05, 0) is 24.4 Å². The average Bonchev–Trinajstić information content (AvgIpc) is 2.68. The number of carbonyl (C=O) groups is 4. The second-order valence-electron chi connectivity index (χ2n) is 7.40. The molecule has 2 aliphatic rings. The Hall–Kier alpha value is -3.53. The Balaban J connectivity index is 0.000000509. The van der Waals surface area contributed by atoms with Gasteiger partial charge in [-0.2, -0.15) is 13.2 Å². The van der Waals surface area contributed by atoms with E-state index in [1.54, 1.807) is 12.1 Å². The molecule has 16 heteroatoms. The van der Waals surface area contributed by atoms with Crippen molar-refractivity contribution in [2.45, 2.75) is 37.5 Å². The zero-order chi connectivity index (χ0) is 25.8. The molecule has 0 spiro atoms. The number of aliphatic carboxylic acids is 1. The van der Waals surface area contributed by atoms with E-state index < -0.39 is 43.3 Å². The Morgan fingerprint density at radius 3 is 2.32 bits per heavy atom. The van der Waals surface area contributed by atoms with E-state index in [1.807, 2.05) is 0 Å². The highest BCUT2D eigenvalue weighted by Crippen LogP contribution is 2.37. The number of carbonyl (C=O) groups excluding carboxylic acids is 2. The number of amides is 2. The SMILES string of the molecule is NC(=O)[C@H](N)CC(=O)N1CC(Oc2ccc3c(c2C(=O)O)OB(O)CC3)C1.O=C(O)C(F)(F)F. The molecule has 2 amide bonds. The second-order valence-corrected chi connectivity index (χ2v) is 7.40. The number of aryl methyl sites for hydroxylation is 1. The lowest BCUT2D eigenvalue weighted by Crippen LogP contribution is -2.57. The van der Waals surface area contributed by atoms with Crippen LogP contribution < -0.4 is 20.9 Å². The quantitative estimate of drug-likeness (QED) is 0.314. The smallest absolute Gasteiger partial charge is 0.522 e. The average molecular weight is 491 g/mol. The number of carboxylic acids is 2. The summed E-state index contributed by atoms with van der Waals surface area (Å²) in [6.07, 6.45) is -4.78. The fraction of sp³-hybridized carbons (Fsp3) is 0.444. The number of carboxylic acid groups (broad SMARTS) is 2. The maximum Gasteiger partial charge on any atom is 0.522 e. The minimum atomic E-state index is -5.08. The number of nitrogens with zero attached hydrogens (tertiary/aromatic N) is 1. The molecule has 34 heavy (non-hydrogen) atoms. The molecule has 0 aromatic heterocycles. The van der Waals surface area contributed by atoms with Crippen molar-refractivity contribution in [2.75, 3.05) is 13.1 Å². The van der Waals surface area contributed by atoms with Gasteiger partial charge in [0.25, 0.3) is 0 Å². The predicted molar refractivity (Wildman–Crippen MR) is 107 cm³/mol. The lowest BCUT2D eigenvalue weighted by Gasteiger charge is -2.39. The van der Waals surface area contributed by atoms with Gasteiger partial charge in [0.15, 0.2) is 0 Å². The van der Waals surface area contributed by atoms with E-state index in [9.17, 15) is 37.7 Å². The molecule has 2 heterocycles. The van der Waals surface area contributed by atoms with Crippen LogP contribution >= 0.6 is 0 Å². The molecule has 186 valence electrons. The van der Waals surface area contributed by atoms with Crippen LogP contribution in [0.4, 0.5) is 13.2 Å². The van der Waals surface area contributed by atoms with Crippen LogP contribution in [0.5, 0.6) is 11.5 Å². The number of likely N-dealkylation sites (tertiary alicyclic amines) is 1. The van der Waals surface area contributed by atoms with E-state index in [2.05, 4.69) is 0 Å². The first kappa shape index (κ1) is 26.7. The number of aromatic carboxylic acids is 1. The van der Waals surface area contributed by atoms with Crippen LogP contribution in [0.1, 0.15) is 22.3 Å². The monoisotopic (exact) mass is 491 g/mol. The van der Waals surface area contributed by atoms with Crippen molar-refractivity contribution in [3.8, 4) is 11.5 Å². The lowest BCUT2D eigenvalue weighted by atomic mass is 9.78. The minimum absolute atomic E-state index is 0.110. The normalized spacial score (nSPS) is 16.1. The van der Waals surface area contributed by atoms with Gasteiger partial charge in [0.2, 0.25) is 11.8 Å². The first-order valence-electron chi connectivity index (χ1n) is 9.74. The number of hydrogen-bond acceptors (Lipinski definition) is 8. The molecule has 1 aromatic carbocycles. The summed E-state index contributed by atoms with van der Waals surface area (Å²) in [6, 6.07) is 2.22. The molecule has 3 rings (SSSR count). The predicted octanol–water partition coefficient (Wildman–Crippen LogP) is -0.774. The molecule has 1 saturated heterocycles. The van der Waals surface area contributed by atoms with E-state index >= 15 is 0 Å². The third kappa shape index (κ3) is 6.74. The number of primary amides is 1. The zero-order valence-electron chi connectivity index (χ0n) is 17.4. The standard InChI is InChI=1S/C16H20BN3O7.C2HF3O2/c18-10(15(19)22)5-12(21)20-6-9(7-20)26-11-2-1-8-3-4-17(25)27-14(8)13(11)16(23)24;3-2(4,5)1(6)7/h1-2,9-10,25H,3-7,18H2,(H2,19,22)(H,23,24);(H,6,7)/t10-;/m1./s1. The number of halogens is 3. The van der Waals surface area contributed by atoms with Crippen molar-refractivity contribution >= 4 is 30.9 Å². The Morgan fingerprint density at radius 2 is 1.82 bits per heavy atom. The molecular formula is C18H21BF3N3O9. The molecule has 0 saturated carbocycles. The fourth-order valence-corrected chi connectivity index (χ4v) is 3.03. The zero-order valence-corrected chi connectivity index (χ0v) is 17.4. The third-order valence-corrected chi connectivity index (χ3v) is 4.83. The maximum absolute atomic E-state index is 12.0. The van der Waals surface area contributed by atoms with Gasteiger partial charge in [-0.25, -0.2) is 9.59 Å². The summed E-state index contributed by atoms with van der Waals surface area (Å²) >= 11 is 0. The van der Waals surface area contributed by atoms with Crippen LogP contribution in [-0.4, -0.2) is 82.4 Å². The first-order chi connectivity index (χ1) is 15.7. The van der Waals surface area contributed by atoms with Crippen LogP contribution in [0.2, 0.25) is 6.32 Å². The van der Waals surface area contributed by atoms with Crippen molar-refractivity contribution in [3.63, 3.8) is 0 Å². The number of benzene rings is 1. The molecular weight excluding hydrogens is 470 g/mol. The van der Waals surface area contributed by atoms with E-state index in [4.69, 9.17) is 30.8 Å². The summed E-state index contributed by atoms with van der Waals surface area (Å²) in [6.45, 7) is 0.480. The minimum Gasteiger partial charge on any atom is -0.535 e. The topological polar surface area (TPSA) is 203 Å². The highest BCUT2D eigenvalue weighted by Gasteiger charge is 2.38. The van der Waals surface area contributed by atoms with Gasteiger partial charge in [-0.1, -0.05) is 6.07 Å². The molecule has 0 unspecified atom stereocenters. The molecule has 1 fully saturated rings. The van der Waals surface area contributed by atoms with E-state index in [-0.39, 0.29) is 42.5 Å². The Kier molecular flexibility index (Phi) is 8.33. The van der Waals surface area contributed by atoms with Crippen LogP contribution in [0.3, 0.4) is 0 Å². The van der Waals surface area contributed by atoms with Crippen LogP contribution in [0.25, 0.3) is 0 Å². The van der Waals surface area contributed by atoms with Gasteiger partial charge >= 0.3 is 25.2 Å². The van der Waals surface area contributed by atoms with E-state index in [0.717, 1.165) is 0 Å². The second kappa shape index (κ2) is 10.6. The van der Waals surface area contributed by atoms with Gasteiger partial charge < -0.3 is 41.0 Å². The van der Waals surface area contributed by atoms with Gasteiger partial charge in [-0.3, -0.25) is 9.59 Å². The molecule has 0 radical (unpaired) electrons. The summed E-state index contributed by atoms with van der Waals surface area (Å²) in [4.78, 5) is 44.9. The Morgan fingerprint density at radius 1 is 1.24 bits per heavy atom. The highest BCUT2D eigenvalue weighted by molar-refractivity contribution is 6.44. The highest BCUT2D eigenvalue weighted by atomic mass is 19.4. The largest absolute Gasteiger partial charge is 0.535 e. The van der Waals surface area contributed by atoms with Gasteiger partial charge in [0, 0.05) is 0 Å². The van der Waals surface area contributed by atoms with E-state index in [0.29, 0.717) is 18.3 Å². The molecule has 0 aliphatic carbocycles. The van der Waals surface area contributed by atoms with Gasteiger partial charge in [-0.15, -0.1) is 0 Å². The Labute approximate surface area is 190 Å². The Bertz CT molecular complexity index is 970. The van der Waals surface area contributed by atoms with Gasteiger partial charge in [0.05, 0.1) is 25.6 Å². The molecule has 2 aliphatic heterocycles. The lowest BCUT2D eigenvalue weighted by molar-refractivity contribution is -0.192. The molecule has 1 aromatic rings. The summed E-state index contributed by atoms with van der Waals surface area (Å²) in [5, 5.41) is 26.3. The summed E-state index contributed by atoms with van der Waals surface area (Å²) in [5.74, 6) is -4.83. The molecule has 7 N–H and O–H groups in total. The van der Waals surface area contributed by atoms with Crippen LogP contribution in [-0.2, 0) is 20.8 Å². The van der Waals surface area contributed by atoms with Crippen molar-refractivity contribution in [1.29, 1.82) is 0 Å². The summed E-state index contributed by atoms with van der Waals surface area (Å²) in [7, 11) is -1.06. The number of hydrogen-bond donors (Lipinski definition) is 5. The molecule has 12 nitrogen and oxygen atoms in total. The summed E-state index contributed by atoms with van der Waals surface area (Å²) < 4.78 is 42.7. The molecule has 1 atom stereocenters. The maximum atomic E-state index is 12.0. The van der Waals surface area contributed by atoms with Crippen molar-refractivity contribution in [2.24, 2.45) is 11.5 Å². The van der Waals surface area contributed by atoms with Crippen molar-refractivity contribution in [3.05, 3.63) is 23.3 Å². The summed E-state index contributed by atoms with van der Waals surface area (Å²) in [5.41, 5.74) is 11.1. The van der Waals surface area contributed by atoms with Gasteiger partial charge in [0.1, 0.15) is 23.2 Å². The number of nitrogens with two attached hydrogens (primary N) is 2. The number of rotatable bonds is 6. The van der Waals surface area contributed by atoms with Crippen molar-refractivity contribution < 1.29 is 57.0 Å². The van der Waals surface area contributed by atoms with Crippen LogP contribution in [0, 0.1) is 0 Å². The molecule has 0 bridgehead atoms. The van der Waals surface area contributed by atoms with Crippen LogP contribution in [0.15, 0.2) is 12.1 Å². The van der Waals surface area contributed by atoms with Crippen molar-refractivity contribution in [1.82, 2.24) is 4.90 Å².